The van der Waals surface area contributed by atoms with Gasteiger partial charge in [-0.3, -0.25) is 4.79 Å². The van der Waals surface area contributed by atoms with Gasteiger partial charge in [-0.2, -0.15) is 0 Å². The van der Waals surface area contributed by atoms with Gasteiger partial charge in [0.1, 0.15) is 11.9 Å². The normalized spacial score (nSPS) is 15.3. The molecule has 1 heterocycles. The Kier molecular flexibility index (Phi) is 7.49. The molecule has 1 aromatic heterocycles. The minimum atomic E-state index is -0.909. The van der Waals surface area contributed by atoms with E-state index in [0.717, 1.165) is 51.2 Å². The van der Waals surface area contributed by atoms with E-state index >= 15 is 0 Å². The number of fused-ring (bicyclic) bond motifs is 1. The number of Topliss-reactive ketones (excluding diaryl/α,β-unsaturated/α-hetero) is 1. The fraction of sp³-hybridized carbons (Fsp3) is 0.345. The third kappa shape index (κ3) is 5.21. The summed E-state index contributed by atoms with van der Waals surface area (Å²) in [5.41, 5.74) is 4.39. The number of carbonyl (C=O) groups excluding carboxylic acids is 1. The molecular weight excluding hydrogens is 438 g/mol. The molecule has 6 nitrogen and oxygen atoms in total. The van der Waals surface area contributed by atoms with Crippen molar-refractivity contribution in [1.82, 2.24) is 10.3 Å². The van der Waals surface area contributed by atoms with Crippen molar-refractivity contribution in [2.45, 2.75) is 64.8 Å². The number of carboxylic acid groups (broad SMARTS) is 1. The highest BCUT2D eigenvalue weighted by Crippen LogP contribution is 2.31. The van der Waals surface area contributed by atoms with E-state index in [1.807, 2.05) is 50.2 Å². The number of ketones is 1. The second-order valence-electron chi connectivity index (χ2n) is 8.99. The van der Waals surface area contributed by atoms with Crippen molar-refractivity contribution in [3.8, 4) is 0 Å². The van der Waals surface area contributed by atoms with Gasteiger partial charge in [0.2, 0.25) is 0 Å². The highest BCUT2D eigenvalue weighted by Gasteiger charge is 2.31. The number of pyridine rings is 1. The summed E-state index contributed by atoms with van der Waals surface area (Å²) in [6.45, 7) is 6.03. The first-order chi connectivity index (χ1) is 16.9. The average Bonchev–Trinajstić information content (AvgIpc) is 3.23. The molecule has 0 fully saturated rings. The van der Waals surface area contributed by atoms with Gasteiger partial charge >= 0.3 is 5.97 Å². The Morgan fingerprint density at radius 2 is 1.77 bits per heavy atom. The molecule has 1 unspecified atom stereocenters. The van der Waals surface area contributed by atoms with Gasteiger partial charge in [-0.05, 0) is 54.8 Å². The Morgan fingerprint density at radius 1 is 1.03 bits per heavy atom. The molecule has 3 N–H and O–H groups in total. The number of carboxylic acids is 1. The van der Waals surface area contributed by atoms with Crippen LogP contribution in [0, 0.1) is 0 Å². The number of allylic oxidation sites excluding steroid dienone is 2. The zero-order chi connectivity index (χ0) is 24.9. The van der Waals surface area contributed by atoms with Crippen LogP contribution in [0.5, 0.6) is 0 Å². The minimum absolute atomic E-state index is 0.121. The maximum absolute atomic E-state index is 12.2. The lowest BCUT2D eigenvalue weighted by Crippen LogP contribution is -2.41. The molecular formula is C29H33N3O3. The molecule has 0 saturated carbocycles. The van der Waals surface area contributed by atoms with E-state index in [1.165, 1.54) is 0 Å². The first kappa shape index (κ1) is 24.5. The number of aliphatic carboxylic acids is 1. The van der Waals surface area contributed by atoms with Crippen LogP contribution in [-0.2, 0) is 16.0 Å². The van der Waals surface area contributed by atoms with E-state index in [4.69, 9.17) is 4.98 Å². The van der Waals surface area contributed by atoms with Crippen molar-refractivity contribution in [2.24, 2.45) is 0 Å². The molecule has 4 rings (SSSR count). The van der Waals surface area contributed by atoms with E-state index in [-0.39, 0.29) is 11.7 Å². The number of anilines is 2. The summed E-state index contributed by atoms with van der Waals surface area (Å²) in [4.78, 5) is 29.2. The molecule has 0 spiro atoms. The Bertz CT molecular complexity index is 1260. The lowest BCUT2D eigenvalue weighted by atomic mass is 9.88. The zero-order valence-electron chi connectivity index (χ0n) is 20.6. The van der Waals surface area contributed by atoms with Crippen LogP contribution >= 0.6 is 0 Å². The van der Waals surface area contributed by atoms with Crippen LogP contribution in [0.1, 0.15) is 63.6 Å². The van der Waals surface area contributed by atoms with Gasteiger partial charge in [-0.1, -0.05) is 57.2 Å². The second-order valence-corrected chi connectivity index (χ2v) is 8.99. The summed E-state index contributed by atoms with van der Waals surface area (Å²) >= 11 is 0. The third-order valence-corrected chi connectivity index (χ3v) is 6.85. The fourth-order valence-corrected chi connectivity index (χ4v) is 4.95. The van der Waals surface area contributed by atoms with Crippen LogP contribution in [0.3, 0.4) is 0 Å². The smallest absolute Gasteiger partial charge is 0.326 e. The number of aromatic nitrogens is 1. The Labute approximate surface area is 206 Å². The maximum atomic E-state index is 12.2. The molecule has 0 saturated heterocycles. The Morgan fingerprint density at radius 3 is 2.43 bits per heavy atom. The predicted molar refractivity (Wildman–Crippen MR) is 140 cm³/mol. The summed E-state index contributed by atoms with van der Waals surface area (Å²) in [5.74, 6) is -0.204. The summed E-state index contributed by atoms with van der Waals surface area (Å²) in [6, 6.07) is 17.4. The van der Waals surface area contributed by atoms with Crippen LogP contribution < -0.4 is 10.6 Å². The standard InChI is InChI=1S/C29H33N3O3/c1-4-20-17-19-9-7-8-10-24(19)28(30-20)31-21-13-11-18(12-14-21)22(5-2)27(29(34)35)32-25-15-16-26(33)23(25)6-3/h7-14,17,22,27,32H,4-6,15-16H2,1-3H3,(H,30,31)(H,34,35)/t22?,27-/m0/s1. The van der Waals surface area contributed by atoms with Crippen LogP contribution in [0.25, 0.3) is 10.8 Å². The number of rotatable bonds is 10. The summed E-state index contributed by atoms with van der Waals surface area (Å²) in [7, 11) is 0. The lowest BCUT2D eigenvalue weighted by Gasteiger charge is -2.26. The van der Waals surface area contributed by atoms with Gasteiger partial charge in [-0.15, -0.1) is 0 Å². The quantitative estimate of drug-likeness (QED) is 0.331. The predicted octanol–water partition coefficient (Wildman–Crippen LogP) is 6.10. The monoisotopic (exact) mass is 471 g/mol. The molecule has 0 bridgehead atoms. The van der Waals surface area contributed by atoms with E-state index in [2.05, 4.69) is 35.8 Å². The van der Waals surface area contributed by atoms with Gasteiger partial charge in [-0.25, -0.2) is 9.78 Å². The highest BCUT2D eigenvalue weighted by molar-refractivity contribution is 5.98. The van der Waals surface area contributed by atoms with Gasteiger partial charge in [0, 0.05) is 40.4 Å². The second kappa shape index (κ2) is 10.7. The highest BCUT2D eigenvalue weighted by atomic mass is 16.4. The fourth-order valence-electron chi connectivity index (χ4n) is 4.95. The van der Waals surface area contributed by atoms with Gasteiger partial charge in [0.05, 0.1) is 0 Å². The SMILES string of the molecule is CCC1=C(N[C@H](C(=O)O)C(CC)c2ccc(Nc3nc(CC)cc4ccccc34)cc2)CCC1=O. The van der Waals surface area contributed by atoms with Crippen molar-refractivity contribution < 1.29 is 14.7 Å². The van der Waals surface area contributed by atoms with E-state index < -0.39 is 12.0 Å². The number of nitrogens with one attached hydrogen (secondary N) is 2. The molecule has 6 heteroatoms. The van der Waals surface area contributed by atoms with Crippen molar-refractivity contribution in [3.63, 3.8) is 0 Å². The lowest BCUT2D eigenvalue weighted by molar-refractivity contribution is -0.140. The summed E-state index contributed by atoms with van der Waals surface area (Å²) in [6.07, 6.45) is 3.17. The zero-order valence-corrected chi connectivity index (χ0v) is 20.6. The number of carbonyl (C=O) groups is 2. The largest absolute Gasteiger partial charge is 0.480 e. The summed E-state index contributed by atoms with van der Waals surface area (Å²) < 4.78 is 0. The molecule has 0 amide bonds. The molecule has 2 aromatic carbocycles. The molecule has 35 heavy (non-hydrogen) atoms. The van der Waals surface area contributed by atoms with Crippen molar-refractivity contribution in [1.29, 1.82) is 0 Å². The molecule has 0 aliphatic heterocycles. The molecule has 3 aromatic rings. The number of hydrogen-bond acceptors (Lipinski definition) is 5. The maximum Gasteiger partial charge on any atom is 0.326 e. The van der Waals surface area contributed by atoms with E-state index in [1.54, 1.807) is 0 Å². The molecule has 1 aliphatic carbocycles. The Balaban J connectivity index is 1.58. The number of aryl methyl sites for hydroxylation is 1. The van der Waals surface area contributed by atoms with Gasteiger partial charge in [0.25, 0.3) is 0 Å². The molecule has 0 radical (unpaired) electrons. The average molecular weight is 472 g/mol. The Hall–Kier alpha value is -3.67. The van der Waals surface area contributed by atoms with Gasteiger partial charge in [0.15, 0.2) is 5.78 Å². The number of benzene rings is 2. The minimum Gasteiger partial charge on any atom is -0.480 e. The van der Waals surface area contributed by atoms with E-state index in [0.29, 0.717) is 25.7 Å². The van der Waals surface area contributed by atoms with Crippen molar-refractivity contribution in [2.75, 3.05) is 5.32 Å². The topological polar surface area (TPSA) is 91.3 Å². The molecule has 2 atom stereocenters. The third-order valence-electron chi connectivity index (χ3n) is 6.85. The van der Waals surface area contributed by atoms with Gasteiger partial charge < -0.3 is 15.7 Å². The first-order valence-electron chi connectivity index (χ1n) is 12.4. The molecule has 1 aliphatic rings. The van der Waals surface area contributed by atoms with Crippen LogP contribution in [0.2, 0.25) is 0 Å². The van der Waals surface area contributed by atoms with Crippen molar-refractivity contribution >= 4 is 34.0 Å². The van der Waals surface area contributed by atoms with Crippen LogP contribution in [0.15, 0.2) is 65.9 Å². The number of hydrogen-bond donors (Lipinski definition) is 3. The summed E-state index contributed by atoms with van der Waals surface area (Å²) in [5, 5.41) is 18.9. The number of nitrogens with zero attached hydrogens (tertiary/aromatic N) is 1. The van der Waals surface area contributed by atoms with Crippen molar-refractivity contribution in [3.05, 3.63) is 77.1 Å². The van der Waals surface area contributed by atoms with Crippen LogP contribution in [-0.4, -0.2) is 27.9 Å². The van der Waals surface area contributed by atoms with Crippen LogP contribution in [0.4, 0.5) is 11.5 Å². The molecule has 182 valence electrons. The van der Waals surface area contributed by atoms with E-state index in [9.17, 15) is 14.7 Å². The first-order valence-corrected chi connectivity index (χ1v) is 12.4.